The second kappa shape index (κ2) is 7.12. The SMILES string of the molecule is COc1cccc([C@@H](C)NC2CCC(C(C)C)CC2)c1. The van der Waals surface area contributed by atoms with E-state index in [0.29, 0.717) is 12.1 Å². The highest BCUT2D eigenvalue weighted by molar-refractivity contribution is 5.30. The average molecular weight is 275 g/mol. The average Bonchev–Trinajstić information content (AvgIpc) is 2.47. The Morgan fingerprint density at radius 2 is 1.80 bits per heavy atom. The van der Waals surface area contributed by atoms with Crippen molar-refractivity contribution in [1.82, 2.24) is 5.32 Å². The largest absolute Gasteiger partial charge is 0.497 e. The molecule has 0 aliphatic heterocycles. The third-order valence-corrected chi connectivity index (χ3v) is 4.79. The lowest BCUT2D eigenvalue weighted by molar-refractivity contribution is 0.231. The Kier molecular flexibility index (Phi) is 5.47. The van der Waals surface area contributed by atoms with E-state index >= 15 is 0 Å². The van der Waals surface area contributed by atoms with E-state index in [1.54, 1.807) is 7.11 Å². The van der Waals surface area contributed by atoms with E-state index in [-0.39, 0.29) is 0 Å². The van der Waals surface area contributed by atoms with Gasteiger partial charge in [0.15, 0.2) is 0 Å². The molecular formula is C18H29NO. The van der Waals surface area contributed by atoms with Gasteiger partial charge in [-0.2, -0.15) is 0 Å². The topological polar surface area (TPSA) is 21.3 Å². The van der Waals surface area contributed by atoms with E-state index in [2.05, 4.69) is 44.3 Å². The van der Waals surface area contributed by atoms with Gasteiger partial charge in [-0.1, -0.05) is 26.0 Å². The highest BCUT2D eigenvalue weighted by Gasteiger charge is 2.24. The molecule has 20 heavy (non-hydrogen) atoms. The summed E-state index contributed by atoms with van der Waals surface area (Å²) in [6.45, 7) is 6.97. The molecule has 1 aliphatic carbocycles. The van der Waals surface area contributed by atoms with Crippen LogP contribution in [0, 0.1) is 11.8 Å². The van der Waals surface area contributed by atoms with Gasteiger partial charge in [0, 0.05) is 12.1 Å². The van der Waals surface area contributed by atoms with Crippen LogP contribution in [0.5, 0.6) is 5.75 Å². The second-order valence-electron chi connectivity index (χ2n) is 6.52. The van der Waals surface area contributed by atoms with E-state index in [4.69, 9.17) is 4.74 Å². The molecule has 0 amide bonds. The number of benzene rings is 1. The standard InChI is InChI=1S/C18H29NO/c1-13(2)15-8-10-17(11-9-15)19-14(3)16-6-5-7-18(12-16)20-4/h5-7,12-15,17,19H,8-11H2,1-4H3/t14-,15?,17?/m1/s1. The molecule has 1 atom stereocenters. The predicted octanol–water partition coefficient (Wildman–Crippen LogP) is 4.56. The molecule has 0 radical (unpaired) electrons. The van der Waals surface area contributed by atoms with Crippen LogP contribution in [0.25, 0.3) is 0 Å². The minimum Gasteiger partial charge on any atom is -0.497 e. The van der Waals surface area contributed by atoms with Crippen LogP contribution in [0.2, 0.25) is 0 Å². The summed E-state index contributed by atoms with van der Waals surface area (Å²) in [5.41, 5.74) is 1.32. The van der Waals surface area contributed by atoms with Crippen molar-refractivity contribution in [2.24, 2.45) is 11.8 Å². The minimum atomic E-state index is 0.394. The van der Waals surface area contributed by atoms with Crippen LogP contribution in [0.1, 0.15) is 58.1 Å². The molecule has 1 fully saturated rings. The summed E-state index contributed by atoms with van der Waals surface area (Å²) in [5, 5.41) is 3.79. The third kappa shape index (κ3) is 3.99. The second-order valence-corrected chi connectivity index (χ2v) is 6.52. The van der Waals surface area contributed by atoms with Gasteiger partial charge < -0.3 is 10.1 Å². The lowest BCUT2D eigenvalue weighted by Crippen LogP contribution is -2.35. The van der Waals surface area contributed by atoms with Crippen LogP contribution in [0.15, 0.2) is 24.3 Å². The van der Waals surface area contributed by atoms with Crippen LogP contribution in [-0.4, -0.2) is 13.2 Å². The zero-order valence-electron chi connectivity index (χ0n) is 13.4. The Hall–Kier alpha value is -1.02. The fourth-order valence-electron chi connectivity index (χ4n) is 3.31. The zero-order valence-corrected chi connectivity index (χ0v) is 13.4. The summed E-state index contributed by atoms with van der Waals surface area (Å²) < 4.78 is 5.31. The van der Waals surface area contributed by atoms with Crippen LogP contribution in [0.4, 0.5) is 0 Å². The van der Waals surface area contributed by atoms with Gasteiger partial charge in [-0.25, -0.2) is 0 Å². The first-order chi connectivity index (χ1) is 9.60. The molecule has 0 saturated heterocycles. The molecule has 0 bridgehead atoms. The van der Waals surface area contributed by atoms with Gasteiger partial charge in [0.25, 0.3) is 0 Å². The van der Waals surface area contributed by atoms with Gasteiger partial charge in [0.2, 0.25) is 0 Å². The van der Waals surface area contributed by atoms with Crippen molar-refractivity contribution in [3.63, 3.8) is 0 Å². The van der Waals surface area contributed by atoms with Gasteiger partial charge in [0.1, 0.15) is 5.75 Å². The summed E-state index contributed by atoms with van der Waals surface area (Å²) in [4.78, 5) is 0. The lowest BCUT2D eigenvalue weighted by atomic mass is 9.79. The van der Waals surface area contributed by atoms with Gasteiger partial charge >= 0.3 is 0 Å². The summed E-state index contributed by atoms with van der Waals surface area (Å²) in [7, 11) is 1.73. The molecule has 2 heteroatoms. The maximum atomic E-state index is 5.31. The molecule has 0 spiro atoms. The normalized spacial score (nSPS) is 24.6. The molecule has 1 aliphatic rings. The first kappa shape index (κ1) is 15.4. The molecule has 2 nitrogen and oxygen atoms in total. The first-order valence-electron chi connectivity index (χ1n) is 8.00. The third-order valence-electron chi connectivity index (χ3n) is 4.79. The van der Waals surface area contributed by atoms with E-state index in [9.17, 15) is 0 Å². The van der Waals surface area contributed by atoms with Crippen molar-refractivity contribution in [1.29, 1.82) is 0 Å². The highest BCUT2D eigenvalue weighted by Crippen LogP contribution is 2.31. The first-order valence-corrected chi connectivity index (χ1v) is 8.00. The molecule has 112 valence electrons. The number of methoxy groups -OCH3 is 1. The molecule has 2 rings (SSSR count). The lowest BCUT2D eigenvalue weighted by Gasteiger charge is -2.33. The van der Waals surface area contributed by atoms with E-state index in [1.165, 1.54) is 31.2 Å². The molecule has 0 unspecified atom stereocenters. The summed E-state index contributed by atoms with van der Waals surface area (Å²) in [6, 6.07) is 9.46. The smallest absolute Gasteiger partial charge is 0.119 e. The molecule has 1 N–H and O–H groups in total. The molecule has 1 aromatic rings. The maximum Gasteiger partial charge on any atom is 0.119 e. The van der Waals surface area contributed by atoms with Crippen molar-refractivity contribution in [2.45, 2.75) is 58.5 Å². The number of nitrogens with one attached hydrogen (secondary N) is 1. The quantitative estimate of drug-likeness (QED) is 0.850. The summed E-state index contributed by atoms with van der Waals surface area (Å²) in [6.07, 6.45) is 5.38. The Bertz CT molecular complexity index is 408. The van der Waals surface area contributed by atoms with Crippen LogP contribution < -0.4 is 10.1 Å². The summed E-state index contributed by atoms with van der Waals surface area (Å²) >= 11 is 0. The number of hydrogen-bond acceptors (Lipinski definition) is 2. The van der Waals surface area contributed by atoms with Gasteiger partial charge in [-0.05, 0) is 62.1 Å². The zero-order chi connectivity index (χ0) is 14.5. The predicted molar refractivity (Wildman–Crippen MR) is 85.1 cm³/mol. The Balaban J connectivity index is 1.87. The fourth-order valence-corrected chi connectivity index (χ4v) is 3.31. The van der Waals surface area contributed by atoms with Crippen molar-refractivity contribution < 1.29 is 4.74 Å². The Morgan fingerprint density at radius 3 is 2.40 bits per heavy atom. The molecule has 1 saturated carbocycles. The van der Waals surface area contributed by atoms with Gasteiger partial charge in [-0.15, -0.1) is 0 Å². The van der Waals surface area contributed by atoms with Crippen molar-refractivity contribution >= 4 is 0 Å². The van der Waals surface area contributed by atoms with Crippen LogP contribution in [-0.2, 0) is 0 Å². The number of hydrogen-bond donors (Lipinski definition) is 1. The van der Waals surface area contributed by atoms with E-state index in [0.717, 1.165) is 17.6 Å². The van der Waals surface area contributed by atoms with E-state index < -0.39 is 0 Å². The molecule has 0 aromatic heterocycles. The molecular weight excluding hydrogens is 246 g/mol. The molecule has 1 aromatic carbocycles. The fraction of sp³-hybridized carbons (Fsp3) is 0.667. The highest BCUT2D eigenvalue weighted by atomic mass is 16.5. The Morgan fingerprint density at radius 1 is 1.10 bits per heavy atom. The summed E-state index contributed by atoms with van der Waals surface area (Å²) in [5.74, 6) is 2.71. The van der Waals surface area contributed by atoms with Gasteiger partial charge in [0.05, 0.1) is 7.11 Å². The Labute approximate surface area is 123 Å². The van der Waals surface area contributed by atoms with Crippen molar-refractivity contribution in [3.05, 3.63) is 29.8 Å². The number of rotatable bonds is 5. The number of ether oxygens (including phenoxy) is 1. The van der Waals surface area contributed by atoms with Gasteiger partial charge in [-0.3, -0.25) is 0 Å². The van der Waals surface area contributed by atoms with E-state index in [1.807, 2.05) is 6.07 Å². The van der Waals surface area contributed by atoms with Crippen LogP contribution in [0.3, 0.4) is 0 Å². The van der Waals surface area contributed by atoms with Crippen molar-refractivity contribution in [2.75, 3.05) is 7.11 Å². The monoisotopic (exact) mass is 275 g/mol. The molecule has 0 heterocycles. The van der Waals surface area contributed by atoms with Crippen LogP contribution >= 0.6 is 0 Å². The maximum absolute atomic E-state index is 5.31. The van der Waals surface area contributed by atoms with Crippen molar-refractivity contribution in [3.8, 4) is 5.75 Å². The minimum absolute atomic E-state index is 0.394.